The molecular formula is C12H12BrNO4. The third-order valence-electron chi connectivity index (χ3n) is 2.80. The van der Waals surface area contributed by atoms with E-state index in [0.29, 0.717) is 6.54 Å². The molecule has 96 valence electrons. The summed E-state index contributed by atoms with van der Waals surface area (Å²) in [4.78, 5) is 24.0. The zero-order chi connectivity index (χ0) is 13.3. The standard InChI is InChI=1S/C12H12BrNO4/c1-7-6-8(13)2-3-9(7)14-5-4-10(11(15)16)18-12(14)17/h2-3,6,10H,4-5H2,1H3,(H,15,16). The van der Waals surface area contributed by atoms with Crippen molar-refractivity contribution in [3.63, 3.8) is 0 Å². The molecule has 0 aliphatic carbocycles. The van der Waals surface area contributed by atoms with E-state index in [1.165, 1.54) is 4.90 Å². The number of nitrogens with zero attached hydrogens (tertiary/aromatic N) is 1. The van der Waals surface area contributed by atoms with Gasteiger partial charge in [0.25, 0.3) is 0 Å². The minimum absolute atomic E-state index is 0.288. The van der Waals surface area contributed by atoms with Gasteiger partial charge in [-0.1, -0.05) is 15.9 Å². The van der Waals surface area contributed by atoms with Crippen molar-refractivity contribution in [3.05, 3.63) is 28.2 Å². The summed E-state index contributed by atoms with van der Waals surface area (Å²) < 4.78 is 5.80. The summed E-state index contributed by atoms with van der Waals surface area (Å²) in [6.07, 6.45) is -1.36. The van der Waals surface area contributed by atoms with Crippen LogP contribution < -0.4 is 4.90 Å². The zero-order valence-electron chi connectivity index (χ0n) is 9.72. The summed E-state index contributed by atoms with van der Waals surface area (Å²) >= 11 is 3.35. The molecule has 1 heterocycles. The predicted octanol–water partition coefficient (Wildman–Crippen LogP) is 2.56. The fourth-order valence-corrected chi connectivity index (χ4v) is 2.37. The molecule has 0 radical (unpaired) electrons. The molecule has 0 bridgehead atoms. The van der Waals surface area contributed by atoms with Crippen molar-refractivity contribution >= 4 is 33.7 Å². The molecule has 5 nitrogen and oxygen atoms in total. The zero-order valence-corrected chi connectivity index (χ0v) is 11.3. The summed E-state index contributed by atoms with van der Waals surface area (Å²) in [5, 5.41) is 8.80. The van der Waals surface area contributed by atoms with Crippen LogP contribution in [0.5, 0.6) is 0 Å². The number of anilines is 1. The Hall–Kier alpha value is -1.56. The van der Waals surface area contributed by atoms with Gasteiger partial charge in [-0.3, -0.25) is 4.90 Å². The summed E-state index contributed by atoms with van der Waals surface area (Å²) in [5.41, 5.74) is 1.67. The third kappa shape index (κ3) is 2.48. The first-order valence-corrected chi connectivity index (χ1v) is 6.25. The maximum atomic E-state index is 11.8. The molecule has 18 heavy (non-hydrogen) atoms. The van der Waals surface area contributed by atoms with E-state index in [1.54, 1.807) is 0 Å². The topological polar surface area (TPSA) is 66.8 Å². The summed E-state index contributed by atoms with van der Waals surface area (Å²) in [6, 6.07) is 5.53. The van der Waals surface area contributed by atoms with E-state index >= 15 is 0 Å². The first-order chi connectivity index (χ1) is 8.49. The van der Waals surface area contributed by atoms with Crippen LogP contribution in [0, 0.1) is 6.92 Å². The molecule has 1 aromatic rings. The normalized spacial score (nSPS) is 19.6. The van der Waals surface area contributed by atoms with Gasteiger partial charge in [-0.15, -0.1) is 0 Å². The Bertz CT molecular complexity index is 503. The average molecular weight is 314 g/mol. The van der Waals surface area contributed by atoms with Gasteiger partial charge in [0.1, 0.15) is 0 Å². The van der Waals surface area contributed by atoms with Crippen molar-refractivity contribution in [1.82, 2.24) is 0 Å². The van der Waals surface area contributed by atoms with Gasteiger partial charge in [-0.25, -0.2) is 9.59 Å². The lowest BCUT2D eigenvalue weighted by molar-refractivity contribution is -0.147. The number of aliphatic carboxylic acids is 1. The van der Waals surface area contributed by atoms with Crippen LogP contribution in [0.15, 0.2) is 22.7 Å². The number of carbonyl (C=O) groups is 2. The lowest BCUT2D eigenvalue weighted by Gasteiger charge is -2.30. The molecule has 0 aromatic heterocycles. The van der Waals surface area contributed by atoms with Crippen molar-refractivity contribution in [2.24, 2.45) is 0 Å². The summed E-state index contributed by atoms with van der Waals surface area (Å²) in [6.45, 7) is 2.23. The first-order valence-electron chi connectivity index (χ1n) is 5.46. The largest absolute Gasteiger partial charge is 0.479 e. The van der Waals surface area contributed by atoms with E-state index in [9.17, 15) is 9.59 Å². The van der Waals surface area contributed by atoms with Crippen LogP contribution in [0.3, 0.4) is 0 Å². The number of cyclic esters (lactones) is 1. The van der Waals surface area contributed by atoms with Crippen LogP contribution in [0.2, 0.25) is 0 Å². The minimum Gasteiger partial charge on any atom is -0.479 e. The highest BCUT2D eigenvalue weighted by atomic mass is 79.9. The molecule has 1 aliphatic rings. The van der Waals surface area contributed by atoms with Crippen LogP contribution in [0.1, 0.15) is 12.0 Å². The van der Waals surface area contributed by atoms with Crippen LogP contribution in [-0.4, -0.2) is 29.8 Å². The second kappa shape index (κ2) is 4.97. The molecule has 1 atom stereocenters. The number of hydrogen-bond acceptors (Lipinski definition) is 3. The van der Waals surface area contributed by atoms with E-state index in [-0.39, 0.29) is 6.42 Å². The number of halogens is 1. The Balaban J connectivity index is 2.20. The molecule has 1 N–H and O–H groups in total. The quantitative estimate of drug-likeness (QED) is 0.911. The van der Waals surface area contributed by atoms with Crippen LogP contribution in [0.4, 0.5) is 10.5 Å². The number of carboxylic acid groups (broad SMARTS) is 1. The van der Waals surface area contributed by atoms with Gasteiger partial charge in [0, 0.05) is 17.4 Å². The van der Waals surface area contributed by atoms with E-state index < -0.39 is 18.2 Å². The van der Waals surface area contributed by atoms with Crippen LogP contribution in [-0.2, 0) is 9.53 Å². The fraction of sp³-hybridized carbons (Fsp3) is 0.333. The Morgan fingerprint density at radius 3 is 2.83 bits per heavy atom. The molecule has 1 aliphatic heterocycles. The second-order valence-corrected chi connectivity index (χ2v) is 5.00. The van der Waals surface area contributed by atoms with Crippen LogP contribution >= 0.6 is 15.9 Å². The first kappa shape index (κ1) is 12.9. The van der Waals surface area contributed by atoms with Gasteiger partial charge in [0.05, 0.1) is 5.69 Å². The molecule has 1 fully saturated rings. The number of benzene rings is 1. The number of ether oxygens (including phenoxy) is 1. The van der Waals surface area contributed by atoms with Gasteiger partial charge in [0.2, 0.25) is 6.10 Å². The highest BCUT2D eigenvalue weighted by molar-refractivity contribution is 9.10. The molecule has 1 amide bonds. The Kier molecular flexibility index (Phi) is 3.56. The summed E-state index contributed by atoms with van der Waals surface area (Å²) in [7, 11) is 0. The molecule has 1 aromatic carbocycles. The van der Waals surface area contributed by atoms with Crippen molar-refractivity contribution < 1.29 is 19.4 Å². The highest BCUT2D eigenvalue weighted by Gasteiger charge is 2.32. The minimum atomic E-state index is -1.10. The molecule has 0 spiro atoms. The van der Waals surface area contributed by atoms with Crippen molar-refractivity contribution in [2.45, 2.75) is 19.4 Å². The number of carbonyl (C=O) groups excluding carboxylic acids is 1. The Morgan fingerprint density at radius 1 is 1.56 bits per heavy atom. The van der Waals surface area contributed by atoms with E-state index in [0.717, 1.165) is 15.7 Å². The molecule has 1 unspecified atom stereocenters. The fourth-order valence-electron chi connectivity index (χ4n) is 1.90. The van der Waals surface area contributed by atoms with Gasteiger partial charge < -0.3 is 9.84 Å². The lowest BCUT2D eigenvalue weighted by Crippen LogP contribution is -2.45. The van der Waals surface area contributed by atoms with Crippen molar-refractivity contribution in [1.29, 1.82) is 0 Å². The molecule has 6 heteroatoms. The Labute approximate surface area is 112 Å². The summed E-state index contributed by atoms with van der Waals surface area (Å²) in [5.74, 6) is -1.10. The molecule has 1 saturated heterocycles. The maximum Gasteiger partial charge on any atom is 0.415 e. The van der Waals surface area contributed by atoms with E-state index in [1.807, 2.05) is 25.1 Å². The number of aryl methyl sites for hydroxylation is 1. The van der Waals surface area contributed by atoms with Gasteiger partial charge in [-0.05, 0) is 30.7 Å². The number of carboxylic acids is 1. The predicted molar refractivity (Wildman–Crippen MR) is 68.7 cm³/mol. The average Bonchev–Trinajstić information content (AvgIpc) is 2.30. The van der Waals surface area contributed by atoms with Gasteiger partial charge in [-0.2, -0.15) is 0 Å². The monoisotopic (exact) mass is 313 g/mol. The molecular weight excluding hydrogens is 302 g/mol. The second-order valence-electron chi connectivity index (χ2n) is 4.08. The van der Waals surface area contributed by atoms with Gasteiger partial charge in [0.15, 0.2) is 0 Å². The lowest BCUT2D eigenvalue weighted by atomic mass is 10.1. The molecule has 2 rings (SSSR count). The van der Waals surface area contributed by atoms with Gasteiger partial charge >= 0.3 is 12.1 Å². The molecule has 0 saturated carbocycles. The SMILES string of the molecule is Cc1cc(Br)ccc1N1CCC(C(=O)O)OC1=O. The smallest absolute Gasteiger partial charge is 0.415 e. The van der Waals surface area contributed by atoms with E-state index in [4.69, 9.17) is 9.84 Å². The van der Waals surface area contributed by atoms with Crippen molar-refractivity contribution in [3.8, 4) is 0 Å². The maximum absolute atomic E-state index is 11.8. The number of hydrogen-bond donors (Lipinski definition) is 1. The third-order valence-corrected chi connectivity index (χ3v) is 3.30. The van der Waals surface area contributed by atoms with Crippen molar-refractivity contribution in [2.75, 3.05) is 11.4 Å². The Morgan fingerprint density at radius 2 is 2.28 bits per heavy atom. The highest BCUT2D eigenvalue weighted by Crippen LogP contribution is 2.27. The van der Waals surface area contributed by atoms with E-state index in [2.05, 4.69) is 15.9 Å². The number of rotatable bonds is 2. The van der Waals surface area contributed by atoms with Crippen LogP contribution in [0.25, 0.3) is 0 Å². The number of amides is 1.